The first-order valence-corrected chi connectivity index (χ1v) is 5.37. The highest BCUT2D eigenvalue weighted by molar-refractivity contribution is 6.05. The fourth-order valence-corrected chi connectivity index (χ4v) is 1.48. The summed E-state index contributed by atoms with van der Waals surface area (Å²) in [6, 6.07) is 6.84. The average molecular weight is 246 g/mol. The van der Waals surface area contributed by atoms with Crippen molar-refractivity contribution in [3.8, 4) is 5.75 Å². The highest BCUT2D eigenvalue weighted by atomic mass is 16.5. The van der Waals surface area contributed by atoms with E-state index in [-0.39, 0.29) is 5.91 Å². The molecule has 0 radical (unpaired) electrons. The van der Waals surface area contributed by atoms with Crippen molar-refractivity contribution in [2.45, 2.75) is 6.92 Å². The van der Waals surface area contributed by atoms with Crippen molar-refractivity contribution in [1.82, 2.24) is 10.2 Å². The monoisotopic (exact) mass is 246 g/mol. The Morgan fingerprint density at radius 2 is 2.28 bits per heavy atom. The number of nitrogens with zero attached hydrogens (tertiary/aromatic N) is 1. The number of benzene rings is 1. The van der Waals surface area contributed by atoms with Crippen molar-refractivity contribution in [3.63, 3.8) is 0 Å². The molecule has 0 fully saturated rings. The number of aryl methyl sites for hydroxylation is 1. The Balaban J connectivity index is 2.19. The van der Waals surface area contributed by atoms with Crippen LogP contribution in [0, 0.1) is 6.92 Å². The van der Waals surface area contributed by atoms with Gasteiger partial charge in [0, 0.05) is 5.56 Å². The van der Waals surface area contributed by atoms with Crippen LogP contribution in [0.2, 0.25) is 0 Å². The fourth-order valence-electron chi connectivity index (χ4n) is 1.48. The van der Waals surface area contributed by atoms with E-state index in [1.165, 1.54) is 0 Å². The number of nitrogens with one attached hydrogen (secondary N) is 2. The van der Waals surface area contributed by atoms with Crippen LogP contribution >= 0.6 is 0 Å². The van der Waals surface area contributed by atoms with Crippen LogP contribution < -0.4 is 15.8 Å². The van der Waals surface area contributed by atoms with E-state index in [9.17, 15) is 4.79 Å². The molecule has 0 saturated carbocycles. The van der Waals surface area contributed by atoms with Crippen molar-refractivity contribution in [2.24, 2.45) is 0 Å². The smallest absolute Gasteiger partial charge is 0.257 e. The molecule has 94 valence electrons. The predicted octanol–water partition coefficient (Wildman–Crippen LogP) is 1.56. The van der Waals surface area contributed by atoms with Gasteiger partial charge in [0.25, 0.3) is 5.91 Å². The zero-order valence-corrected chi connectivity index (χ0v) is 10.2. The van der Waals surface area contributed by atoms with Gasteiger partial charge in [-0.1, -0.05) is 6.07 Å². The Kier molecular flexibility index (Phi) is 3.18. The number of carbonyl (C=O) groups is 1. The summed E-state index contributed by atoms with van der Waals surface area (Å²) in [5, 5.41) is 9.25. The SMILES string of the molecule is COc1cccc(C(=O)Nc2n[nH]c(C)c2N)c1. The van der Waals surface area contributed by atoms with Crippen LogP contribution in [0.4, 0.5) is 11.5 Å². The zero-order chi connectivity index (χ0) is 13.1. The summed E-state index contributed by atoms with van der Waals surface area (Å²) in [6.07, 6.45) is 0. The van der Waals surface area contributed by atoms with Crippen LogP contribution in [0.3, 0.4) is 0 Å². The van der Waals surface area contributed by atoms with Crippen LogP contribution in [0.1, 0.15) is 16.1 Å². The maximum absolute atomic E-state index is 12.0. The van der Waals surface area contributed by atoms with Crippen LogP contribution in [-0.4, -0.2) is 23.2 Å². The van der Waals surface area contributed by atoms with Crippen LogP contribution in [0.15, 0.2) is 24.3 Å². The molecule has 2 aromatic rings. The summed E-state index contributed by atoms with van der Waals surface area (Å²) in [4.78, 5) is 12.0. The second-order valence-corrected chi connectivity index (χ2v) is 3.80. The Labute approximate surface area is 104 Å². The molecule has 4 N–H and O–H groups in total. The lowest BCUT2D eigenvalue weighted by atomic mass is 10.2. The van der Waals surface area contributed by atoms with Gasteiger partial charge in [-0.3, -0.25) is 9.89 Å². The van der Waals surface area contributed by atoms with E-state index < -0.39 is 0 Å². The number of hydrogen-bond donors (Lipinski definition) is 3. The fraction of sp³-hybridized carbons (Fsp3) is 0.167. The molecule has 0 aliphatic heterocycles. The number of nitrogen functional groups attached to an aromatic ring is 1. The zero-order valence-electron chi connectivity index (χ0n) is 10.2. The van der Waals surface area contributed by atoms with Gasteiger partial charge in [-0.2, -0.15) is 5.10 Å². The van der Waals surface area contributed by atoms with Crippen molar-refractivity contribution in [3.05, 3.63) is 35.5 Å². The van der Waals surface area contributed by atoms with Gasteiger partial charge < -0.3 is 15.8 Å². The second kappa shape index (κ2) is 4.79. The molecular weight excluding hydrogens is 232 g/mol. The van der Waals surface area contributed by atoms with Crippen molar-refractivity contribution in [2.75, 3.05) is 18.2 Å². The first kappa shape index (κ1) is 12.0. The van der Waals surface area contributed by atoms with Gasteiger partial charge in [-0.25, -0.2) is 0 Å². The van der Waals surface area contributed by atoms with Gasteiger partial charge >= 0.3 is 0 Å². The van der Waals surface area contributed by atoms with Gasteiger partial charge in [-0.15, -0.1) is 0 Å². The number of hydrogen-bond acceptors (Lipinski definition) is 4. The third kappa shape index (κ3) is 2.27. The van der Waals surface area contributed by atoms with Crippen LogP contribution in [0.25, 0.3) is 0 Å². The summed E-state index contributed by atoms with van der Waals surface area (Å²) >= 11 is 0. The Morgan fingerprint density at radius 3 is 2.89 bits per heavy atom. The molecule has 0 saturated heterocycles. The molecule has 18 heavy (non-hydrogen) atoms. The summed E-state index contributed by atoms with van der Waals surface area (Å²) in [5.41, 5.74) is 7.39. The summed E-state index contributed by atoms with van der Waals surface area (Å²) in [5.74, 6) is 0.668. The van der Waals surface area contributed by atoms with E-state index in [2.05, 4.69) is 15.5 Å². The van der Waals surface area contributed by atoms with Crippen LogP contribution in [0.5, 0.6) is 5.75 Å². The summed E-state index contributed by atoms with van der Waals surface area (Å²) in [7, 11) is 1.55. The minimum atomic E-state index is -0.285. The van der Waals surface area contributed by atoms with Crippen LogP contribution in [-0.2, 0) is 0 Å². The van der Waals surface area contributed by atoms with E-state index in [1.807, 2.05) is 0 Å². The molecule has 1 aromatic heterocycles. The molecule has 6 nitrogen and oxygen atoms in total. The Bertz CT molecular complexity index is 577. The quantitative estimate of drug-likeness (QED) is 0.766. The number of aromatic amines is 1. The van der Waals surface area contributed by atoms with Crippen molar-refractivity contribution < 1.29 is 9.53 Å². The topological polar surface area (TPSA) is 93.0 Å². The minimum Gasteiger partial charge on any atom is -0.497 e. The third-order valence-electron chi connectivity index (χ3n) is 2.56. The predicted molar refractivity (Wildman–Crippen MR) is 68.7 cm³/mol. The molecule has 0 unspecified atom stereocenters. The van der Waals surface area contributed by atoms with Gasteiger partial charge in [0.15, 0.2) is 5.82 Å². The average Bonchev–Trinajstić information content (AvgIpc) is 2.71. The number of carbonyl (C=O) groups excluding carboxylic acids is 1. The van der Waals surface area contributed by atoms with Crippen molar-refractivity contribution in [1.29, 1.82) is 0 Å². The molecule has 0 aliphatic carbocycles. The number of amides is 1. The standard InChI is InChI=1S/C12H14N4O2/c1-7-10(13)11(16-15-7)14-12(17)8-4-3-5-9(6-8)18-2/h3-6H,13H2,1-2H3,(H2,14,15,16,17). The molecular formula is C12H14N4O2. The van der Waals surface area contributed by atoms with Gasteiger partial charge in [0.05, 0.1) is 18.5 Å². The number of rotatable bonds is 3. The first-order chi connectivity index (χ1) is 8.61. The summed E-state index contributed by atoms with van der Waals surface area (Å²) < 4.78 is 5.06. The lowest BCUT2D eigenvalue weighted by Gasteiger charge is -2.05. The van der Waals surface area contributed by atoms with E-state index in [0.29, 0.717) is 22.8 Å². The molecule has 0 aliphatic rings. The lowest BCUT2D eigenvalue weighted by molar-refractivity contribution is 0.102. The van der Waals surface area contributed by atoms with Gasteiger partial charge in [0.2, 0.25) is 0 Å². The second-order valence-electron chi connectivity index (χ2n) is 3.80. The molecule has 0 bridgehead atoms. The Morgan fingerprint density at radius 1 is 1.50 bits per heavy atom. The minimum absolute atomic E-state index is 0.285. The molecule has 1 heterocycles. The highest BCUT2D eigenvalue weighted by Gasteiger charge is 2.12. The van der Waals surface area contributed by atoms with Gasteiger partial charge in [0.1, 0.15) is 5.75 Å². The van der Waals surface area contributed by atoms with E-state index in [1.54, 1.807) is 38.3 Å². The number of ether oxygens (including phenoxy) is 1. The Hall–Kier alpha value is -2.50. The maximum Gasteiger partial charge on any atom is 0.257 e. The number of methoxy groups -OCH3 is 1. The molecule has 0 atom stereocenters. The van der Waals surface area contributed by atoms with E-state index in [0.717, 1.165) is 5.69 Å². The first-order valence-electron chi connectivity index (χ1n) is 5.37. The molecule has 6 heteroatoms. The number of aromatic nitrogens is 2. The molecule has 0 spiro atoms. The molecule has 1 aromatic carbocycles. The number of anilines is 2. The molecule has 1 amide bonds. The summed E-state index contributed by atoms with van der Waals surface area (Å²) in [6.45, 7) is 1.78. The molecule has 2 rings (SSSR count). The lowest BCUT2D eigenvalue weighted by Crippen LogP contribution is -2.13. The van der Waals surface area contributed by atoms with Gasteiger partial charge in [-0.05, 0) is 25.1 Å². The highest BCUT2D eigenvalue weighted by Crippen LogP contribution is 2.19. The van der Waals surface area contributed by atoms with E-state index in [4.69, 9.17) is 10.5 Å². The van der Waals surface area contributed by atoms with E-state index >= 15 is 0 Å². The van der Waals surface area contributed by atoms with Crippen molar-refractivity contribution >= 4 is 17.4 Å². The maximum atomic E-state index is 12.0. The third-order valence-corrected chi connectivity index (χ3v) is 2.56. The number of H-pyrrole nitrogens is 1. The number of nitrogens with two attached hydrogens (primary N) is 1. The normalized spacial score (nSPS) is 10.1. The largest absolute Gasteiger partial charge is 0.497 e.